The SMILES string of the molecule is Cc1ccc(C2(N)C=CN=C(N)C2)cc1. The summed E-state index contributed by atoms with van der Waals surface area (Å²) in [5.41, 5.74) is 13.8. The largest absolute Gasteiger partial charge is 0.387 e. The van der Waals surface area contributed by atoms with Crippen molar-refractivity contribution in [2.75, 3.05) is 0 Å². The highest BCUT2D eigenvalue weighted by Gasteiger charge is 2.27. The molecule has 0 aliphatic carbocycles. The van der Waals surface area contributed by atoms with Crippen molar-refractivity contribution in [1.29, 1.82) is 0 Å². The Kier molecular flexibility index (Phi) is 2.32. The molecule has 2 rings (SSSR count). The quantitative estimate of drug-likeness (QED) is 0.721. The third-order valence-electron chi connectivity index (χ3n) is 2.67. The molecule has 15 heavy (non-hydrogen) atoms. The van der Waals surface area contributed by atoms with Crippen LogP contribution in [0.4, 0.5) is 0 Å². The van der Waals surface area contributed by atoms with Gasteiger partial charge in [0.2, 0.25) is 0 Å². The Hall–Kier alpha value is -1.61. The van der Waals surface area contributed by atoms with Crippen molar-refractivity contribution in [1.82, 2.24) is 0 Å². The van der Waals surface area contributed by atoms with Crippen LogP contribution in [0.1, 0.15) is 17.5 Å². The van der Waals surface area contributed by atoms with Crippen molar-refractivity contribution in [2.24, 2.45) is 16.5 Å². The minimum Gasteiger partial charge on any atom is -0.387 e. The van der Waals surface area contributed by atoms with Gasteiger partial charge >= 0.3 is 0 Å². The molecule has 0 amide bonds. The topological polar surface area (TPSA) is 64.4 Å². The first-order valence-electron chi connectivity index (χ1n) is 4.96. The van der Waals surface area contributed by atoms with E-state index in [9.17, 15) is 0 Å². The van der Waals surface area contributed by atoms with Crippen molar-refractivity contribution in [3.8, 4) is 0 Å². The average molecular weight is 201 g/mol. The lowest BCUT2D eigenvalue weighted by Crippen LogP contribution is -2.40. The van der Waals surface area contributed by atoms with Gasteiger partial charge in [0, 0.05) is 12.6 Å². The van der Waals surface area contributed by atoms with Gasteiger partial charge in [-0.15, -0.1) is 0 Å². The molecule has 4 N–H and O–H groups in total. The van der Waals surface area contributed by atoms with Gasteiger partial charge in [0.1, 0.15) is 5.84 Å². The second-order valence-corrected chi connectivity index (χ2v) is 4.02. The number of rotatable bonds is 1. The fourth-order valence-electron chi connectivity index (χ4n) is 1.73. The zero-order chi connectivity index (χ0) is 10.9. The molecule has 0 radical (unpaired) electrons. The lowest BCUT2D eigenvalue weighted by atomic mass is 9.86. The van der Waals surface area contributed by atoms with E-state index in [2.05, 4.69) is 24.0 Å². The van der Waals surface area contributed by atoms with Gasteiger partial charge in [-0.2, -0.15) is 0 Å². The molecule has 0 aromatic heterocycles. The predicted octanol–water partition coefficient (Wildman–Crippen LogP) is 1.42. The molecule has 1 unspecified atom stereocenters. The van der Waals surface area contributed by atoms with Crippen LogP contribution in [0.5, 0.6) is 0 Å². The fourth-order valence-corrected chi connectivity index (χ4v) is 1.73. The monoisotopic (exact) mass is 201 g/mol. The lowest BCUT2D eigenvalue weighted by molar-refractivity contribution is 0.577. The number of nitrogens with two attached hydrogens (primary N) is 2. The number of hydrogen-bond donors (Lipinski definition) is 2. The van der Waals surface area contributed by atoms with Crippen LogP contribution < -0.4 is 11.5 Å². The van der Waals surface area contributed by atoms with E-state index in [4.69, 9.17) is 11.5 Å². The molecule has 0 fully saturated rings. The van der Waals surface area contributed by atoms with Crippen LogP contribution in [-0.4, -0.2) is 5.84 Å². The standard InChI is InChI=1S/C12H15N3/c1-9-2-4-10(5-3-9)12(14)6-7-15-11(13)8-12/h2-7H,8,14H2,1H3,(H2,13,15). The van der Waals surface area contributed by atoms with E-state index in [1.54, 1.807) is 6.20 Å². The van der Waals surface area contributed by atoms with E-state index in [0.717, 1.165) is 5.56 Å². The summed E-state index contributed by atoms with van der Waals surface area (Å²) in [6.45, 7) is 2.06. The number of amidine groups is 1. The first-order chi connectivity index (χ1) is 7.10. The summed E-state index contributed by atoms with van der Waals surface area (Å²) >= 11 is 0. The molecule has 0 spiro atoms. The van der Waals surface area contributed by atoms with Crippen LogP contribution in [0.2, 0.25) is 0 Å². The van der Waals surface area contributed by atoms with Crippen LogP contribution in [-0.2, 0) is 5.54 Å². The van der Waals surface area contributed by atoms with E-state index < -0.39 is 5.54 Å². The van der Waals surface area contributed by atoms with E-state index in [1.807, 2.05) is 18.2 Å². The molecule has 3 heteroatoms. The minimum absolute atomic E-state index is 0.500. The molecular formula is C12H15N3. The van der Waals surface area contributed by atoms with Crippen molar-refractivity contribution in [3.63, 3.8) is 0 Å². The normalized spacial score (nSPS) is 25.1. The Morgan fingerprint density at radius 3 is 2.53 bits per heavy atom. The molecule has 1 aromatic carbocycles. The van der Waals surface area contributed by atoms with E-state index in [1.165, 1.54) is 5.56 Å². The van der Waals surface area contributed by atoms with Crippen molar-refractivity contribution >= 4 is 5.84 Å². The summed E-state index contributed by atoms with van der Waals surface area (Å²) in [4.78, 5) is 4.00. The van der Waals surface area contributed by atoms with Crippen LogP contribution in [0, 0.1) is 6.92 Å². The molecule has 1 atom stereocenters. The van der Waals surface area contributed by atoms with Gasteiger partial charge in [0.05, 0.1) is 5.54 Å². The lowest BCUT2D eigenvalue weighted by Gasteiger charge is -2.28. The Morgan fingerprint density at radius 2 is 1.93 bits per heavy atom. The molecule has 1 aliphatic rings. The zero-order valence-electron chi connectivity index (χ0n) is 8.77. The minimum atomic E-state index is -0.500. The number of aryl methyl sites for hydroxylation is 1. The molecular weight excluding hydrogens is 186 g/mol. The van der Waals surface area contributed by atoms with Crippen LogP contribution >= 0.6 is 0 Å². The molecule has 1 aromatic rings. The maximum absolute atomic E-state index is 6.27. The van der Waals surface area contributed by atoms with Gasteiger partial charge in [-0.05, 0) is 18.6 Å². The zero-order valence-corrected chi connectivity index (χ0v) is 8.77. The number of nitrogens with zero attached hydrogens (tertiary/aromatic N) is 1. The van der Waals surface area contributed by atoms with Gasteiger partial charge in [0.25, 0.3) is 0 Å². The summed E-state index contributed by atoms with van der Waals surface area (Å²) in [7, 11) is 0. The van der Waals surface area contributed by atoms with Crippen molar-refractivity contribution < 1.29 is 0 Å². The molecule has 0 saturated carbocycles. The molecule has 0 bridgehead atoms. The third kappa shape index (κ3) is 1.92. The smallest absolute Gasteiger partial charge is 0.101 e. The number of aliphatic imine (C=N–C) groups is 1. The summed E-state index contributed by atoms with van der Waals surface area (Å²) in [5, 5.41) is 0. The first kappa shape index (κ1) is 9.93. The summed E-state index contributed by atoms with van der Waals surface area (Å²) in [5.74, 6) is 0.584. The highest BCUT2D eigenvalue weighted by molar-refractivity contribution is 5.83. The molecule has 1 heterocycles. The van der Waals surface area contributed by atoms with Crippen LogP contribution in [0.25, 0.3) is 0 Å². The molecule has 3 nitrogen and oxygen atoms in total. The van der Waals surface area contributed by atoms with E-state index in [-0.39, 0.29) is 0 Å². The summed E-state index contributed by atoms with van der Waals surface area (Å²) in [6.07, 6.45) is 4.15. The van der Waals surface area contributed by atoms with E-state index in [0.29, 0.717) is 12.3 Å². The van der Waals surface area contributed by atoms with Gasteiger partial charge in [-0.25, -0.2) is 4.99 Å². The van der Waals surface area contributed by atoms with Crippen LogP contribution in [0.15, 0.2) is 41.5 Å². The Bertz CT molecular complexity index is 417. The fraction of sp³-hybridized carbons (Fsp3) is 0.250. The maximum Gasteiger partial charge on any atom is 0.101 e. The van der Waals surface area contributed by atoms with Gasteiger partial charge in [-0.3, -0.25) is 0 Å². The molecule has 1 aliphatic heterocycles. The number of hydrogen-bond acceptors (Lipinski definition) is 3. The number of benzene rings is 1. The maximum atomic E-state index is 6.27. The predicted molar refractivity (Wildman–Crippen MR) is 62.4 cm³/mol. The highest BCUT2D eigenvalue weighted by Crippen LogP contribution is 2.26. The summed E-state index contributed by atoms with van der Waals surface area (Å²) in [6, 6.07) is 8.19. The highest BCUT2D eigenvalue weighted by atomic mass is 14.9. The third-order valence-corrected chi connectivity index (χ3v) is 2.67. The Balaban J connectivity index is 2.35. The summed E-state index contributed by atoms with van der Waals surface area (Å²) < 4.78 is 0. The Labute approximate surface area is 89.5 Å². The second kappa shape index (κ2) is 3.51. The van der Waals surface area contributed by atoms with Crippen molar-refractivity contribution in [3.05, 3.63) is 47.7 Å². The van der Waals surface area contributed by atoms with Gasteiger partial charge < -0.3 is 11.5 Å². The van der Waals surface area contributed by atoms with Crippen molar-refractivity contribution in [2.45, 2.75) is 18.9 Å². The molecule has 78 valence electrons. The van der Waals surface area contributed by atoms with E-state index >= 15 is 0 Å². The van der Waals surface area contributed by atoms with Gasteiger partial charge in [0.15, 0.2) is 0 Å². The first-order valence-corrected chi connectivity index (χ1v) is 4.96. The molecule has 0 saturated heterocycles. The van der Waals surface area contributed by atoms with Gasteiger partial charge in [-0.1, -0.05) is 29.8 Å². The second-order valence-electron chi connectivity index (χ2n) is 4.02. The van der Waals surface area contributed by atoms with Crippen LogP contribution in [0.3, 0.4) is 0 Å². The Morgan fingerprint density at radius 1 is 1.27 bits per heavy atom. The average Bonchev–Trinajstić information content (AvgIpc) is 2.18.